The number of hydrogen-bond donors (Lipinski definition) is 0. The normalized spacial score (nSPS) is 23.3. The van der Waals surface area contributed by atoms with Crippen LogP contribution in [0.3, 0.4) is 0 Å². The molecule has 0 saturated heterocycles. The number of Topliss-reactive ketones (excluding diaryl/α,β-unsaturated/α-hetero) is 1. The number of ketones is 1. The summed E-state index contributed by atoms with van der Waals surface area (Å²) >= 11 is 0. The van der Waals surface area contributed by atoms with Crippen molar-refractivity contribution >= 4 is 23.2 Å². The Kier molecular flexibility index (Phi) is 5.81. The molecule has 2 aromatic rings. The van der Waals surface area contributed by atoms with E-state index in [-0.39, 0.29) is 24.3 Å². The minimum absolute atomic E-state index is 0.0230. The lowest BCUT2D eigenvalue weighted by Gasteiger charge is -2.35. The number of furan rings is 1. The monoisotopic (exact) mass is 420 g/mol. The van der Waals surface area contributed by atoms with Crippen LogP contribution in [0, 0.1) is 5.92 Å². The summed E-state index contributed by atoms with van der Waals surface area (Å²) in [6.45, 7) is 3.89. The number of carbonyl (C=O) groups is 2. The molecule has 3 atom stereocenters. The maximum absolute atomic E-state index is 13.4. The number of nitrogens with zero attached hydrogens (tertiary/aromatic N) is 2. The Morgan fingerprint density at radius 2 is 1.94 bits per heavy atom. The number of carbonyl (C=O) groups excluding carboxylic acids is 2. The van der Waals surface area contributed by atoms with Crippen LogP contribution in [0.25, 0.3) is 0 Å². The number of esters is 1. The molecule has 162 valence electrons. The fraction of sp³-hybridized carbons (Fsp3) is 0.400. The van der Waals surface area contributed by atoms with Crippen LogP contribution >= 0.6 is 0 Å². The van der Waals surface area contributed by atoms with E-state index in [0.717, 1.165) is 16.9 Å². The van der Waals surface area contributed by atoms with E-state index in [2.05, 4.69) is 29.2 Å². The SMILES string of the molecule is CCOC(=O)C1C(C)=NC2=C(C(=O)C[C@H](c3ccc(N(C)C)cc3)C2)[C@@H]1c1ccco1. The molecule has 31 heavy (non-hydrogen) atoms. The van der Waals surface area contributed by atoms with Crippen molar-refractivity contribution in [2.24, 2.45) is 10.9 Å². The fourth-order valence-electron chi connectivity index (χ4n) is 4.65. The summed E-state index contributed by atoms with van der Waals surface area (Å²) in [5, 5.41) is 0. The maximum atomic E-state index is 13.4. The van der Waals surface area contributed by atoms with Crippen LogP contribution in [0.2, 0.25) is 0 Å². The highest BCUT2D eigenvalue weighted by molar-refractivity contribution is 6.09. The molecule has 1 aliphatic heterocycles. The van der Waals surface area contributed by atoms with Gasteiger partial charge in [0, 0.05) is 43.2 Å². The van der Waals surface area contributed by atoms with Gasteiger partial charge in [0.2, 0.25) is 0 Å². The van der Waals surface area contributed by atoms with Gasteiger partial charge in [-0.2, -0.15) is 0 Å². The Labute approximate surface area is 182 Å². The van der Waals surface area contributed by atoms with Crippen LogP contribution in [0.4, 0.5) is 5.69 Å². The minimum atomic E-state index is -0.648. The summed E-state index contributed by atoms with van der Waals surface area (Å²) in [6.07, 6.45) is 2.62. The van der Waals surface area contributed by atoms with Gasteiger partial charge in [-0.1, -0.05) is 12.1 Å². The van der Waals surface area contributed by atoms with Crippen LogP contribution in [0.5, 0.6) is 0 Å². The third kappa shape index (κ3) is 3.94. The van der Waals surface area contributed by atoms with Crippen molar-refractivity contribution in [3.63, 3.8) is 0 Å². The van der Waals surface area contributed by atoms with Gasteiger partial charge in [-0.3, -0.25) is 14.6 Å². The number of benzene rings is 1. The standard InChI is InChI=1S/C25H28N2O4/c1-5-30-25(29)22-15(2)26-19-13-17(16-8-10-18(11-9-16)27(3)4)14-20(28)23(19)24(22)21-7-6-12-31-21/h6-12,17,22,24H,5,13-14H2,1-4H3/t17-,22?,24-/m1/s1. The molecule has 0 saturated carbocycles. The molecule has 6 nitrogen and oxygen atoms in total. The van der Waals surface area contributed by atoms with Gasteiger partial charge in [0.05, 0.1) is 18.8 Å². The Balaban J connectivity index is 1.72. The van der Waals surface area contributed by atoms with Crippen LogP contribution in [-0.2, 0) is 14.3 Å². The van der Waals surface area contributed by atoms with Crippen molar-refractivity contribution < 1.29 is 18.7 Å². The highest BCUT2D eigenvalue weighted by atomic mass is 16.5. The summed E-state index contributed by atoms with van der Waals surface area (Å²) in [5.74, 6) is -0.825. The van der Waals surface area contributed by atoms with Crippen molar-refractivity contribution in [3.8, 4) is 0 Å². The molecule has 2 aliphatic rings. The Bertz CT molecular complexity index is 1030. The first kappa shape index (κ1) is 21.1. The predicted molar refractivity (Wildman–Crippen MR) is 119 cm³/mol. The molecule has 1 aliphatic carbocycles. The molecule has 0 radical (unpaired) electrons. The third-order valence-corrected chi connectivity index (χ3v) is 6.16. The largest absolute Gasteiger partial charge is 0.469 e. The van der Waals surface area contributed by atoms with E-state index >= 15 is 0 Å². The Morgan fingerprint density at radius 3 is 2.55 bits per heavy atom. The molecule has 1 unspecified atom stereocenters. The lowest BCUT2D eigenvalue weighted by atomic mass is 9.71. The molecule has 2 heterocycles. The zero-order chi connectivity index (χ0) is 22.1. The number of rotatable bonds is 5. The molecular formula is C25H28N2O4. The second-order valence-electron chi connectivity index (χ2n) is 8.35. The quantitative estimate of drug-likeness (QED) is 0.667. The van der Waals surface area contributed by atoms with E-state index in [1.54, 1.807) is 19.3 Å². The minimum Gasteiger partial charge on any atom is -0.469 e. The van der Waals surface area contributed by atoms with Gasteiger partial charge < -0.3 is 14.1 Å². The maximum Gasteiger partial charge on any atom is 0.315 e. The molecule has 0 spiro atoms. The molecule has 0 amide bonds. The van der Waals surface area contributed by atoms with Gasteiger partial charge in [-0.15, -0.1) is 0 Å². The zero-order valence-corrected chi connectivity index (χ0v) is 18.4. The van der Waals surface area contributed by atoms with Crippen molar-refractivity contribution in [1.29, 1.82) is 0 Å². The van der Waals surface area contributed by atoms with Crippen LogP contribution in [-0.4, -0.2) is 38.2 Å². The summed E-state index contributed by atoms with van der Waals surface area (Å²) in [4.78, 5) is 33.0. The molecule has 1 aromatic carbocycles. The number of aliphatic imine (C=N–C) groups is 1. The number of hydrogen-bond acceptors (Lipinski definition) is 6. The van der Waals surface area contributed by atoms with E-state index < -0.39 is 11.8 Å². The molecule has 0 bridgehead atoms. The van der Waals surface area contributed by atoms with E-state index in [9.17, 15) is 9.59 Å². The van der Waals surface area contributed by atoms with Gasteiger partial charge in [-0.05, 0) is 56.0 Å². The lowest BCUT2D eigenvalue weighted by molar-refractivity contribution is -0.146. The van der Waals surface area contributed by atoms with Crippen molar-refractivity contribution in [3.05, 3.63) is 65.3 Å². The van der Waals surface area contributed by atoms with Gasteiger partial charge in [0.15, 0.2) is 5.78 Å². The average molecular weight is 421 g/mol. The number of allylic oxidation sites excluding steroid dienone is 2. The van der Waals surface area contributed by atoms with Crippen LogP contribution < -0.4 is 4.90 Å². The summed E-state index contributed by atoms with van der Waals surface area (Å²) in [5.41, 5.74) is 4.26. The first-order valence-electron chi connectivity index (χ1n) is 10.7. The first-order chi connectivity index (χ1) is 14.9. The van der Waals surface area contributed by atoms with Crippen molar-refractivity contribution in [2.75, 3.05) is 25.6 Å². The second-order valence-corrected chi connectivity index (χ2v) is 8.35. The van der Waals surface area contributed by atoms with Crippen LogP contribution in [0.15, 0.2) is 63.3 Å². The van der Waals surface area contributed by atoms with E-state index in [1.165, 1.54) is 0 Å². The summed E-state index contributed by atoms with van der Waals surface area (Å²) < 4.78 is 11.0. The zero-order valence-electron chi connectivity index (χ0n) is 18.4. The molecule has 1 aromatic heterocycles. The van der Waals surface area contributed by atoms with Gasteiger partial charge in [-0.25, -0.2) is 0 Å². The van der Waals surface area contributed by atoms with E-state index in [0.29, 0.717) is 29.9 Å². The number of ether oxygens (including phenoxy) is 1. The van der Waals surface area contributed by atoms with E-state index in [4.69, 9.17) is 14.1 Å². The van der Waals surface area contributed by atoms with Gasteiger partial charge in [0.25, 0.3) is 0 Å². The fourth-order valence-corrected chi connectivity index (χ4v) is 4.65. The molecule has 0 fully saturated rings. The molecule has 4 rings (SSSR count). The topological polar surface area (TPSA) is 72.1 Å². The Morgan fingerprint density at radius 1 is 1.19 bits per heavy atom. The summed E-state index contributed by atoms with van der Waals surface area (Å²) in [6, 6.07) is 11.9. The van der Waals surface area contributed by atoms with Gasteiger partial charge >= 0.3 is 5.97 Å². The predicted octanol–water partition coefficient (Wildman–Crippen LogP) is 4.48. The number of anilines is 1. The molecular weight excluding hydrogens is 392 g/mol. The van der Waals surface area contributed by atoms with E-state index in [1.807, 2.05) is 27.1 Å². The molecule has 0 N–H and O–H groups in total. The third-order valence-electron chi connectivity index (χ3n) is 6.16. The average Bonchev–Trinajstić information content (AvgIpc) is 3.27. The van der Waals surface area contributed by atoms with Crippen molar-refractivity contribution in [2.45, 2.75) is 38.5 Å². The highest BCUT2D eigenvalue weighted by Crippen LogP contribution is 2.47. The molecule has 6 heteroatoms. The Hall–Kier alpha value is -3.15. The highest BCUT2D eigenvalue weighted by Gasteiger charge is 2.45. The van der Waals surface area contributed by atoms with Crippen molar-refractivity contribution in [1.82, 2.24) is 0 Å². The first-order valence-corrected chi connectivity index (χ1v) is 10.7. The van der Waals surface area contributed by atoms with Gasteiger partial charge in [0.1, 0.15) is 11.7 Å². The second kappa shape index (κ2) is 8.53. The smallest absolute Gasteiger partial charge is 0.315 e. The summed E-state index contributed by atoms with van der Waals surface area (Å²) in [7, 11) is 4.01. The van der Waals surface area contributed by atoms with Crippen LogP contribution in [0.1, 0.15) is 49.8 Å². The lowest BCUT2D eigenvalue weighted by Crippen LogP contribution is -2.38.